The van der Waals surface area contributed by atoms with E-state index < -0.39 is 0 Å². The Balaban J connectivity index is 1.84. The molecule has 1 aromatic rings. The first-order chi connectivity index (χ1) is 14.2. The molecule has 0 radical (unpaired) electrons. The summed E-state index contributed by atoms with van der Waals surface area (Å²) >= 11 is 0. The molecule has 6 heteroatoms. The fourth-order valence-electron chi connectivity index (χ4n) is 3.72. The molecule has 1 aromatic carbocycles. The molecule has 1 fully saturated rings. The number of benzene rings is 1. The summed E-state index contributed by atoms with van der Waals surface area (Å²) in [5.74, 6) is 3.23. The van der Waals surface area contributed by atoms with E-state index in [1.807, 2.05) is 19.9 Å². The number of ether oxygens (including phenoxy) is 2. The third-order valence-electron chi connectivity index (χ3n) is 5.08. The van der Waals surface area contributed by atoms with E-state index in [2.05, 4.69) is 41.5 Å². The van der Waals surface area contributed by atoms with Crippen LogP contribution >= 0.6 is 0 Å². The lowest BCUT2D eigenvalue weighted by molar-refractivity contribution is 0.287. The van der Waals surface area contributed by atoms with Gasteiger partial charge >= 0.3 is 0 Å². The van der Waals surface area contributed by atoms with Gasteiger partial charge in [-0.15, -0.1) is 0 Å². The quantitative estimate of drug-likeness (QED) is 0.413. The molecule has 1 aliphatic heterocycles. The monoisotopic (exact) mass is 404 g/mol. The maximum atomic E-state index is 5.73. The Morgan fingerprint density at radius 3 is 2.62 bits per heavy atom. The molecule has 0 saturated carbocycles. The lowest BCUT2D eigenvalue weighted by Crippen LogP contribution is -2.38. The van der Waals surface area contributed by atoms with Crippen molar-refractivity contribution in [3.63, 3.8) is 0 Å². The minimum atomic E-state index is 0.635. The molecule has 29 heavy (non-hydrogen) atoms. The number of hydrogen-bond acceptors (Lipinski definition) is 4. The van der Waals surface area contributed by atoms with E-state index in [1.165, 1.54) is 38.0 Å². The van der Waals surface area contributed by atoms with Crippen LogP contribution in [-0.2, 0) is 6.42 Å². The highest BCUT2D eigenvalue weighted by atomic mass is 16.5. The van der Waals surface area contributed by atoms with Gasteiger partial charge in [-0.25, -0.2) is 0 Å². The fraction of sp³-hybridized carbons (Fsp3) is 0.696. The second kappa shape index (κ2) is 13.3. The van der Waals surface area contributed by atoms with Crippen LogP contribution in [0.2, 0.25) is 0 Å². The van der Waals surface area contributed by atoms with Crippen molar-refractivity contribution >= 4 is 5.96 Å². The van der Waals surface area contributed by atoms with Crippen LogP contribution in [0.3, 0.4) is 0 Å². The molecule has 2 rings (SSSR count). The average Bonchev–Trinajstić information content (AvgIpc) is 3.16. The van der Waals surface area contributed by atoms with Crippen molar-refractivity contribution in [1.29, 1.82) is 0 Å². The van der Waals surface area contributed by atoms with Gasteiger partial charge in [0.1, 0.15) is 0 Å². The van der Waals surface area contributed by atoms with Crippen molar-refractivity contribution < 1.29 is 9.47 Å². The van der Waals surface area contributed by atoms with Gasteiger partial charge in [0.15, 0.2) is 17.5 Å². The average molecular weight is 405 g/mol. The Labute approximate surface area is 177 Å². The first kappa shape index (κ1) is 23.3. The zero-order valence-corrected chi connectivity index (χ0v) is 18.8. The number of guanidine groups is 1. The van der Waals surface area contributed by atoms with Gasteiger partial charge in [-0.05, 0) is 76.7 Å². The van der Waals surface area contributed by atoms with Crippen LogP contribution in [0.25, 0.3) is 0 Å². The van der Waals surface area contributed by atoms with E-state index in [9.17, 15) is 0 Å². The van der Waals surface area contributed by atoms with Crippen molar-refractivity contribution in [3.8, 4) is 11.5 Å². The molecular formula is C23H40N4O2. The molecule has 6 nitrogen and oxygen atoms in total. The molecule has 0 amide bonds. The molecule has 0 bridgehead atoms. The van der Waals surface area contributed by atoms with Gasteiger partial charge in [0.2, 0.25) is 0 Å². The molecule has 2 N–H and O–H groups in total. The SMILES string of the molecule is CCCN1CCC(CN=C(NCC)NCCc2ccc(OCC)c(OCC)c2)C1. The second-order valence-electron chi connectivity index (χ2n) is 7.50. The summed E-state index contributed by atoms with van der Waals surface area (Å²) in [5, 5.41) is 6.84. The van der Waals surface area contributed by atoms with Crippen LogP contribution in [0.4, 0.5) is 0 Å². The largest absolute Gasteiger partial charge is 0.490 e. The van der Waals surface area contributed by atoms with Gasteiger partial charge in [-0.2, -0.15) is 0 Å². The van der Waals surface area contributed by atoms with Gasteiger partial charge in [-0.1, -0.05) is 13.0 Å². The molecule has 1 atom stereocenters. The van der Waals surface area contributed by atoms with Gasteiger partial charge in [0.25, 0.3) is 0 Å². The summed E-state index contributed by atoms with van der Waals surface area (Å²) in [4.78, 5) is 7.39. The minimum Gasteiger partial charge on any atom is -0.490 e. The predicted octanol–water partition coefficient (Wildman–Crippen LogP) is 3.31. The number of aliphatic imine (C=N–C) groups is 1. The first-order valence-electron chi connectivity index (χ1n) is 11.3. The van der Waals surface area contributed by atoms with Crippen LogP contribution in [0, 0.1) is 5.92 Å². The van der Waals surface area contributed by atoms with E-state index in [-0.39, 0.29) is 0 Å². The van der Waals surface area contributed by atoms with E-state index in [4.69, 9.17) is 14.5 Å². The van der Waals surface area contributed by atoms with Gasteiger partial charge in [-0.3, -0.25) is 4.99 Å². The van der Waals surface area contributed by atoms with Gasteiger partial charge in [0, 0.05) is 26.2 Å². The summed E-state index contributed by atoms with van der Waals surface area (Å²) in [6, 6.07) is 6.20. The van der Waals surface area contributed by atoms with Crippen molar-refractivity contribution in [3.05, 3.63) is 23.8 Å². The Morgan fingerprint density at radius 1 is 1.10 bits per heavy atom. The molecule has 0 spiro atoms. The predicted molar refractivity (Wildman–Crippen MR) is 121 cm³/mol. The summed E-state index contributed by atoms with van der Waals surface area (Å²) in [7, 11) is 0. The Bertz CT molecular complexity index is 621. The van der Waals surface area contributed by atoms with E-state index in [0.717, 1.165) is 43.5 Å². The first-order valence-corrected chi connectivity index (χ1v) is 11.3. The third-order valence-corrected chi connectivity index (χ3v) is 5.08. The van der Waals surface area contributed by atoms with Crippen LogP contribution in [-0.4, -0.2) is 63.3 Å². The lowest BCUT2D eigenvalue weighted by Gasteiger charge is -2.15. The molecule has 1 unspecified atom stereocenters. The fourth-order valence-corrected chi connectivity index (χ4v) is 3.72. The number of hydrogen-bond donors (Lipinski definition) is 2. The lowest BCUT2D eigenvalue weighted by atomic mass is 10.1. The van der Waals surface area contributed by atoms with Crippen molar-refractivity contribution in [2.24, 2.45) is 10.9 Å². The molecule has 1 saturated heterocycles. The Kier molecular flexibility index (Phi) is 10.7. The molecule has 164 valence electrons. The van der Waals surface area contributed by atoms with E-state index in [0.29, 0.717) is 19.1 Å². The van der Waals surface area contributed by atoms with Crippen molar-refractivity contribution in [1.82, 2.24) is 15.5 Å². The number of nitrogens with zero attached hydrogens (tertiary/aromatic N) is 2. The maximum absolute atomic E-state index is 5.73. The van der Waals surface area contributed by atoms with Crippen LogP contribution in [0.15, 0.2) is 23.2 Å². The van der Waals surface area contributed by atoms with Gasteiger partial charge < -0.3 is 25.0 Å². The van der Waals surface area contributed by atoms with E-state index in [1.54, 1.807) is 0 Å². The molecule has 0 aliphatic carbocycles. The third kappa shape index (κ3) is 8.13. The van der Waals surface area contributed by atoms with Gasteiger partial charge in [0.05, 0.1) is 13.2 Å². The highest BCUT2D eigenvalue weighted by Gasteiger charge is 2.21. The van der Waals surface area contributed by atoms with Crippen molar-refractivity contribution in [2.45, 2.75) is 47.0 Å². The molecule has 0 aromatic heterocycles. The summed E-state index contributed by atoms with van der Waals surface area (Å²) in [6.45, 7) is 15.8. The number of nitrogens with one attached hydrogen (secondary N) is 2. The normalized spacial score (nSPS) is 17.4. The molecule has 1 aliphatic rings. The molecule has 1 heterocycles. The highest BCUT2D eigenvalue weighted by molar-refractivity contribution is 5.79. The topological polar surface area (TPSA) is 58.1 Å². The number of likely N-dealkylation sites (tertiary alicyclic amines) is 1. The summed E-state index contributed by atoms with van der Waals surface area (Å²) in [5.41, 5.74) is 1.23. The second-order valence-corrected chi connectivity index (χ2v) is 7.50. The summed E-state index contributed by atoms with van der Waals surface area (Å²) in [6.07, 6.45) is 3.40. The van der Waals surface area contributed by atoms with Crippen molar-refractivity contribution in [2.75, 3.05) is 52.5 Å². The standard InChI is InChI=1S/C23H40N4O2/c1-5-14-27-15-12-20(18-27)17-26-23(24-6-2)25-13-11-19-9-10-21(28-7-3)22(16-19)29-8-4/h9-10,16,20H,5-8,11-15,17-18H2,1-4H3,(H2,24,25,26). The number of rotatable bonds is 12. The zero-order chi connectivity index (χ0) is 20.9. The van der Waals surface area contributed by atoms with Crippen LogP contribution in [0.1, 0.15) is 46.1 Å². The molecular weight excluding hydrogens is 364 g/mol. The Morgan fingerprint density at radius 2 is 1.90 bits per heavy atom. The summed E-state index contributed by atoms with van der Waals surface area (Å²) < 4.78 is 11.4. The highest BCUT2D eigenvalue weighted by Crippen LogP contribution is 2.28. The zero-order valence-electron chi connectivity index (χ0n) is 18.8. The smallest absolute Gasteiger partial charge is 0.191 e. The Hall–Kier alpha value is -1.95. The van der Waals surface area contributed by atoms with Crippen LogP contribution < -0.4 is 20.1 Å². The minimum absolute atomic E-state index is 0.635. The van der Waals surface area contributed by atoms with E-state index >= 15 is 0 Å². The maximum Gasteiger partial charge on any atom is 0.191 e. The van der Waals surface area contributed by atoms with Crippen LogP contribution in [0.5, 0.6) is 11.5 Å².